The standard InChI is InChI=1S/C18H21F2N5O2/c19-14-2-1-13(15(20)10-14)9-18(26)22-4-3-21-16-11-17(24-12-23-16)25-5-7-27-8-6-25/h1-2,10-12H,3-9H2,(H,22,26)(H,21,23,24). The summed E-state index contributed by atoms with van der Waals surface area (Å²) in [5.74, 6) is -0.238. The number of rotatable bonds is 7. The van der Waals surface area contributed by atoms with Gasteiger partial charge in [0.15, 0.2) is 0 Å². The number of hydrogen-bond donors (Lipinski definition) is 2. The molecule has 3 rings (SSSR count). The Kier molecular flexibility index (Phi) is 6.48. The fourth-order valence-electron chi connectivity index (χ4n) is 2.70. The van der Waals surface area contributed by atoms with E-state index >= 15 is 0 Å². The Morgan fingerprint density at radius 1 is 1.15 bits per heavy atom. The molecule has 9 heteroatoms. The van der Waals surface area contributed by atoms with Crippen LogP contribution in [0.15, 0.2) is 30.6 Å². The maximum absolute atomic E-state index is 13.6. The van der Waals surface area contributed by atoms with Crippen LogP contribution in [0, 0.1) is 11.6 Å². The lowest BCUT2D eigenvalue weighted by Crippen LogP contribution is -2.36. The van der Waals surface area contributed by atoms with Crippen molar-refractivity contribution in [3.05, 3.63) is 47.8 Å². The van der Waals surface area contributed by atoms with Crippen LogP contribution < -0.4 is 15.5 Å². The van der Waals surface area contributed by atoms with Crippen molar-refractivity contribution in [2.24, 2.45) is 0 Å². The van der Waals surface area contributed by atoms with Gasteiger partial charge < -0.3 is 20.3 Å². The van der Waals surface area contributed by atoms with E-state index in [1.807, 2.05) is 6.07 Å². The fourth-order valence-corrected chi connectivity index (χ4v) is 2.70. The zero-order valence-corrected chi connectivity index (χ0v) is 14.8. The molecule has 1 fully saturated rings. The SMILES string of the molecule is O=C(Cc1ccc(F)cc1F)NCCNc1cc(N2CCOCC2)ncn1. The van der Waals surface area contributed by atoms with Crippen LogP contribution in [-0.2, 0) is 16.0 Å². The second kappa shape index (κ2) is 9.22. The van der Waals surface area contributed by atoms with Crippen LogP contribution in [0.3, 0.4) is 0 Å². The zero-order valence-electron chi connectivity index (χ0n) is 14.8. The van der Waals surface area contributed by atoms with Crippen molar-refractivity contribution in [1.29, 1.82) is 0 Å². The van der Waals surface area contributed by atoms with Gasteiger partial charge >= 0.3 is 0 Å². The highest BCUT2D eigenvalue weighted by Crippen LogP contribution is 2.15. The van der Waals surface area contributed by atoms with Gasteiger partial charge in [-0.25, -0.2) is 18.7 Å². The minimum absolute atomic E-state index is 0.138. The number of halogens is 2. The van der Waals surface area contributed by atoms with Gasteiger partial charge in [-0.05, 0) is 11.6 Å². The largest absolute Gasteiger partial charge is 0.378 e. The molecule has 0 radical (unpaired) electrons. The Labute approximate surface area is 155 Å². The lowest BCUT2D eigenvalue weighted by Gasteiger charge is -2.27. The molecular weight excluding hydrogens is 356 g/mol. The Balaban J connectivity index is 1.42. The molecule has 1 saturated heterocycles. The summed E-state index contributed by atoms with van der Waals surface area (Å²) in [5, 5.41) is 5.80. The molecule has 7 nitrogen and oxygen atoms in total. The van der Waals surface area contributed by atoms with E-state index in [1.165, 1.54) is 12.4 Å². The van der Waals surface area contributed by atoms with Crippen molar-refractivity contribution >= 4 is 17.5 Å². The van der Waals surface area contributed by atoms with Crippen molar-refractivity contribution in [3.8, 4) is 0 Å². The van der Waals surface area contributed by atoms with Gasteiger partial charge in [0, 0.05) is 38.3 Å². The summed E-state index contributed by atoms with van der Waals surface area (Å²) < 4.78 is 31.8. The van der Waals surface area contributed by atoms with Crippen LogP contribution in [0.1, 0.15) is 5.56 Å². The first kappa shape index (κ1) is 19.0. The Hall–Kier alpha value is -2.81. The number of hydrogen-bond acceptors (Lipinski definition) is 6. The van der Waals surface area contributed by atoms with E-state index in [2.05, 4.69) is 25.5 Å². The number of amides is 1. The van der Waals surface area contributed by atoms with Crippen molar-refractivity contribution < 1.29 is 18.3 Å². The smallest absolute Gasteiger partial charge is 0.224 e. The second-order valence-electron chi connectivity index (χ2n) is 6.05. The van der Waals surface area contributed by atoms with Crippen molar-refractivity contribution in [2.75, 3.05) is 49.6 Å². The van der Waals surface area contributed by atoms with Gasteiger partial charge in [0.2, 0.25) is 5.91 Å². The van der Waals surface area contributed by atoms with Gasteiger partial charge in [0.05, 0.1) is 19.6 Å². The summed E-state index contributed by atoms with van der Waals surface area (Å²) >= 11 is 0. The number of carbonyl (C=O) groups excluding carboxylic acids is 1. The summed E-state index contributed by atoms with van der Waals surface area (Å²) in [6.45, 7) is 3.72. The molecular formula is C18H21F2N5O2. The molecule has 0 atom stereocenters. The molecule has 1 aliphatic heterocycles. The maximum atomic E-state index is 13.6. The highest BCUT2D eigenvalue weighted by atomic mass is 19.1. The second-order valence-corrected chi connectivity index (χ2v) is 6.05. The van der Waals surface area contributed by atoms with E-state index in [0.29, 0.717) is 32.1 Å². The molecule has 0 unspecified atom stereocenters. The minimum Gasteiger partial charge on any atom is -0.378 e. The maximum Gasteiger partial charge on any atom is 0.224 e. The monoisotopic (exact) mass is 377 g/mol. The molecule has 1 aromatic heterocycles. The lowest BCUT2D eigenvalue weighted by atomic mass is 10.1. The van der Waals surface area contributed by atoms with Crippen LogP contribution in [0.25, 0.3) is 0 Å². The van der Waals surface area contributed by atoms with Crippen molar-refractivity contribution in [2.45, 2.75) is 6.42 Å². The van der Waals surface area contributed by atoms with Gasteiger partial charge in [0.1, 0.15) is 29.6 Å². The Morgan fingerprint density at radius 2 is 1.96 bits per heavy atom. The molecule has 144 valence electrons. The van der Waals surface area contributed by atoms with Gasteiger partial charge in [-0.3, -0.25) is 4.79 Å². The third kappa shape index (κ3) is 5.58. The zero-order chi connectivity index (χ0) is 19.1. The number of ether oxygens (including phenoxy) is 1. The topological polar surface area (TPSA) is 79.4 Å². The average Bonchev–Trinajstić information content (AvgIpc) is 2.68. The molecule has 27 heavy (non-hydrogen) atoms. The van der Waals surface area contributed by atoms with Crippen LogP contribution in [0.2, 0.25) is 0 Å². The fraction of sp³-hybridized carbons (Fsp3) is 0.389. The molecule has 0 saturated carbocycles. The van der Waals surface area contributed by atoms with Crippen LogP contribution >= 0.6 is 0 Å². The van der Waals surface area contributed by atoms with E-state index in [0.717, 1.165) is 31.0 Å². The molecule has 2 N–H and O–H groups in total. The molecule has 1 amide bonds. The first-order valence-electron chi connectivity index (χ1n) is 8.71. The summed E-state index contributed by atoms with van der Waals surface area (Å²) in [5.41, 5.74) is 0.160. The summed E-state index contributed by atoms with van der Waals surface area (Å²) in [4.78, 5) is 22.4. The Bertz CT molecular complexity index is 784. The van der Waals surface area contributed by atoms with E-state index in [4.69, 9.17) is 4.74 Å². The summed E-state index contributed by atoms with van der Waals surface area (Å²) in [6, 6.07) is 5.03. The number of anilines is 2. The predicted molar refractivity (Wildman–Crippen MR) is 96.6 cm³/mol. The predicted octanol–water partition coefficient (Wildman–Crippen LogP) is 1.36. The van der Waals surface area contributed by atoms with Gasteiger partial charge in [-0.15, -0.1) is 0 Å². The molecule has 0 aliphatic carbocycles. The van der Waals surface area contributed by atoms with Crippen molar-refractivity contribution in [3.63, 3.8) is 0 Å². The molecule has 1 aromatic carbocycles. The first-order valence-corrected chi connectivity index (χ1v) is 8.71. The molecule has 2 heterocycles. The number of morpholine rings is 1. The molecule has 1 aliphatic rings. The van der Waals surface area contributed by atoms with Crippen LogP contribution in [-0.4, -0.2) is 55.3 Å². The number of aromatic nitrogens is 2. The third-order valence-electron chi connectivity index (χ3n) is 4.11. The first-order chi connectivity index (χ1) is 13.1. The highest BCUT2D eigenvalue weighted by Gasteiger charge is 2.13. The third-order valence-corrected chi connectivity index (χ3v) is 4.11. The quantitative estimate of drug-likeness (QED) is 0.710. The molecule has 0 spiro atoms. The van der Waals surface area contributed by atoms with E-state index < -0.39 is 11.6 Å². The highest BCUT2D eigenvalue weighted by molar-refractivity contribution is 5.78. The van der Waals surface area contributed by atoms with Crippen LogP contribution in [0.4, 0.5) is 20.4 Å². The number of carbonyl (C=O) groups is 1. The van der Waals surface area contributed by atoms with E-state index in [1.54, 1.807) is 0 Å². The number of nitrogens with zero attached hydrogens (tertiary/aromatic N) is 3. The number of benzene rings is 1. The van der Waals surface area contributed by atoms with Gasteiger partial charge in [-0.1, -0.05) is 6.07 Å². The van der Waals surface area contributed by atoms with E-state index in [-0.39, 0.29) is 17.9 Å². The molecule has 0 bridgehead atoms. The van der Waals surface area contributed by atoms with Gasteiger partial charge in [-0.2, -0.15) is 0 Å². The van der Waals surface area contributed by atoms with Crippen LogP contribution in [0.5, 0.6) is 0 Å². The Morgan fingerprint density at radius 3 is 2.74 bits per heavy atom. The molecule has 2 aromatic rings. The summed E-state index contributed by atoms with van der Waals surface area (Å²) in [7, 11) is 0. The lowest BCUT2D eigenvalue weighted by molar-refractivity contribution is -0.120. The van der Waals surface area contributed by atoms with E-state index in [9.17, 15) is 13.6 Å². The minimum atomic E-state index is -0.722. The van der Waals surface area contributed by atoms with Gasteiger partial charge in [0.25, 0.3) is 0 Å². The average molecular weight is 377 g/mol. The number of nitrogens with one attached hydrogen (secondary N) is 2. The summed E-state index contributed by atoms with van der Waals surface area (Å²) in [6.07, 6.45) is 1.35. The van der Waals surface area contributed by atoms with Crippen molar-refractivity contribution in [1.82, 2.24) is 15.3 Å². The normalized spacial score (nSPS) is 14.1.